The number of carbonyl (C=O) groups excluding carboxylic acids is 3. The molecule has 2 saturated heterocycles. The molecule has 0 radical (unpaired) electrons. The smallest absolute Gasteiger partial charge is 0.271 e. The zero-order chi connectivity index (χ0) is 27.2. The summed E-state index contributed by atoms with van der Waals surface area (Å²) in [5.41, 5.74) is 1.83. The molecule has 2 aliphatic heterocycles. The van der Waals surface area contributed by atoms with Gasteiger partial charge >= 0.3 is 0 Å². The van der Waals surface area contributed by atoms with Crippen LogP contribution in [0.2, 0.25) is 0 Å². The number of hydrogen-bond acceptors (Lipinski definition) is 6. The molecule has 4 atom stereocenters. The highest BCUT2D eigenvalue weighted by atomic mass is 16.5. The number of nitrogens with one attached hydrogen (secondary N) is 3. The van der Waals surface area contributed by atoms with Gasteiger partial charge in [-0.2, -0.15) is 5.26 Å². The Bertz CT molecular complexity index is 1340. The summed E-state index contributed by atoms with van der Waals surface area (Å²) in [5.74, 6) is -0.725. The number of nitrogens with zero attached hydrogens (tertiary/aromatic N) is 3. The van der Waals surface area contributed by atoms with Gasteiger partial charge in [0.1, 0.15) is 23.5 Å². The molecule has 0 bridgehead atoms. The summed E-state index contributed by atoms with van der Waals surface area (Å²) in [6.45, 7) is 6.78. The summed E-state index contributed by atoms with van der Waals surface area (Å²) in [6.07, 6.45) is 6.26. The predicted octanol–water partition coefficient (Wildman–Crippen LogP) is 2.70. The van der Waals surface area contributed by atoms with E-state index in [9.17, 15) is 19.6 Å². The average Bonchev–Trinajstić information content (AvgIpc) is 3.66. The molecule has 2 fully saturated rings. The van der Waals surface area contributed by atoms with Crippen LogP contribution < -0.4 is 15.4 Å². The largest absolute Gasteiger partial charge is 0.496 e. The number of allylic oxidation sites excluding steroid dienone is 1. The number of H-pyrrole nitrogens is 1. The SMILES string of the molecule is C=C(/C=C\N=CC)[C@@H]1C[C@@H](C(=O)N[C@H](C#N)C[C@@H]2CCNC2=O)N(C(=O)c2cc3c(OC)cccc3[nH]2)C1. The van der Waals surface area contributed by atoms with Gasteiger partial charge in [0.05, 0.1) is 13.2 Å². The zero-order valence-corrected chi connectivity index (χ0v) is 21.6. The lowest BCUT2D eigenvalue weighted by Crippen LogP contribution is -2.49. The number of nitriles is 1. The van der Waals surface area contributed by atoms with Crippen molar-refractivity contribution in [2.45, 2.75) is 38.3 Å². The lowest BCUT2D eigenvalue weighted by atomic mass is 9.96. The Morgan fingerprint density at radius 3 is 2.92 bits per heavy atom. The number of amides is 3. The average molecular weight is 517 g/mol. The molecule has 3 amide bonds. The van der Waals surface area contributed by atoms with Crippen LogP contribution in [0.5, 0.6) is 5.75 Å². The monoisotopic (exact) mass is 516 g/mol. The van der Waals surface area contributed by atoms with E-state index in [1.54, 1.807) is 38.6 Å². The molecular formula is C28H32N6O4. The summed E-state index contributed by atoms with van der Waals surface area (Å²) in [5, 5.41) is 16.0. The molecule has 3 heterocycles. The fraction of sp³-hybridized carbons (Fsp3) is 0.393. The molecule has 198 valence electrons. The van der Waals surface area contributed by atoms with Crippen LogP contribution in [0, 0.1) is 23.2 Å². The highest BCUT2D eigenvalue weighted by Gasteiger charge is 2.41. The Labute approximate surface area is 221 Å². The molecule has 0 spiro atoms. The molecule has 4 rings (SSSR count). The predicted molar refractivity (Wildman–Crippen MR) is 144 cm³/mol. The topological polar surface area (TPSA) is 140 Å². The summed E-state index contributed by atoms with van der Waals surface area (Å²) in [4.78, 5) is 47.9. The molecule has 1 aromatic heterocycles. The van der Waals surface area contributed by atoms with Crippen LogP contribution >= 0.6 is 0 Å². The van der Waals surface area contributed by atoms with E-state index in [-0.39, 0.29) is 36.6 Å². The first-order valence-corrected chi connectivity index (χ1v) is 12.6. The van der Waals surface area contributed by atoms with Crippen molar-refractivity contribution in [3.8, 4) is 11.8 Å². The minimum Gasteiger partial charge on any atom is -0.496 e. The quantitative estimate of drug-likeness (QED) is 0.347. The number of rotatable bonds is 9. The van der Waals surface area contributed by atoms with Crippen molar-refractivity contribution in [3.63, 3.8) is 0 Å². The molecule has 38 heavy (non-hydrogen) atoms. The van der Waals surface area contributed by atoms with Crippen LogP contribution in [-0.2, 0) is 9.59 Å². The third kappa shape index (κ3) is 5.62. The second-order valence-electron chi connectivity index (χ2n) is 9.51. The fourth-order valence-corrected chi connectivity index (χ4v) is 5.08. The number of carbonyl (C=O) groups is 3. The zero-order valence-electron chi connectivity index (χ0n) is 21.6. The van der Waals surface area contributed by atoms with Gasteiger partial charge in [-0.25, -0.2) is 0 Å². The maximum absolute atomic E-state index is 13.7. The van der Waals surface area contributed by atoms with Gasteiger partial charge in [-0.15, -0.1) is 0 Å². The number of ether oxygens (including phenoxy) is 1. The van der Waals surface area contributed by atoms with E-state index in [1.165, 1.54) is 4.90 Å². The summed E-state index contributed by atoms with van der Waals surface area (Å²) in [7, 11) is 1.57. The number of fused-ring (bicyclic) bond motifs is 1. The van der Waals surface area contributed by atoms with Crippen molar-refractivity contribution >= 4 is 34.8 Å². The summed E-state index contributed by atoms with van der Waals surface area (Å²) in [6, 6.07) is 7.66. The van der Waals surface area contributed by atoms with Crippen LogP contribution in [-0.4, -0.2) is 66.1 Å². The Hall–Kier alpha value is -4.39. The van der Waals surface area contributed by atoms with Gasteiger partial charge in [-0.1, -0.05) is 12.6 Å². The van der Waals surface area contributed by atoms with Gasteiger partial charge in [0.2, 0.25) is 11.8 Å². The van der Waals surface area contributed by atoms with Crippen molar-refractivity contribution in [2.24, 2.45) is 16.8 Å². The van der Waals surface area contributed by atoms with Gasteiger partial charge in [0.15, 0.2) is 0 Å². The molecule has 0 unspecified atom stereocenters. The van der Waals surface area contributed by atoms with E-state index in [4.69, 9.17) is 4.74 Å². The minimum atomic E-state index is -0.841. The van der Waals surface area contributed by atoms with E-state index in [1.807, 2.05) is 18.2 Å². The highest BCUT2D eigenvalue weighted by molar-refractivity contribution is 6.01. The second-order valence-corrected chi connectivity index (χ2v) is 9.51. The maximum atomic E-state index is 13.7. The number of aromatic amines is 1. The van der Waals surface area contributed by atoms with Crippen LogP contribution in [0.15, 0.2) is 53.7 Å². The van der Waals surface area contributed by atoms with E-state index in [0.717, 1.165) is 16.5 Å². The number of benzene rings is 1. The van der Waals surface area contributed by atoms with Gasteiger partial charge in [0, 0.05) is 48.2 Å². The van der Waals surface area contributed by atoms with Crippen LogP contribution in [0.3, 0.4) is 0 Å². The van der Waals surface area contributed by atoms with Gasteiger partial charge in [-0.05, 0) is 56.0 Å². The molecule has 2 aliphatic rings. The van der Waals surface area contributed by atoms with Crippen molar-refractivity contribution < 1.29 is 19.1 Å². The van der Waals surface area contributed by atoms with E-state index in [0.29, 0.717) is 30.8 Å². The Balaban J connectivity index is 1.57. The first kappa shape index (κ1) is 26.7. The number of methoxy groups -OCH3 is 1. The lowest BCUT2D eigenvalue weighted by molar-refractivity contribution is -0.126. The highest BCUT2D eigenvalue weighted by Crippen LogP contribution is 2.32. The molecule has 10 nitrogen and oxygen atoms in total. The Morgan fingerprint density at radius 2 is 2.24 bits per heavy atom. The Kier molecular flexibility index (Phi) is 8.26. The standard InChI is InChI=1S/C28H32N6O4/c1-4-30-10-8-17(2)19-13-24(27(36)32-20(15-29)12-18-9-11-31-26(18)35)34(16-19)28(37)23-14-21-22(33-23)6-5-7-25(21)38-3/h4-8,10,14,18-20,24,33H,2,9,11-13,16H2,1,3H3,(H,31,35)(H,32,36)/b10-8-,30-4?/t18-,19+,20-,24-/m0/s1. The normalized spacial score (nSPS) is 22.1. The van der Waals surface area contributed by atoms with Gasteiger partial charge < -0.3 is 25.3 Å². The van der Waals surface area contributed by atoms with Gasteiger partial charge in [-0.3, -0.25) is 19.4 Å². The molecule has 0 aliphatic carbocycles. The summed E-state index contributed by atoms with van der Waals surface area (Å²) >= 11 is 0. The number of likely N-dealkylation sites (tertiary alicyclic amines) is 1. The lowest BCUT2D eigenvalue weighted by Gasteiger charge is -2.25. The first-order valence-electron chi connectivity index (χ1n) is 12.6. The molecule has 0 saturated carbocycles. The first-order chi connectivity index (χ1) is 18.4. The minimum absolute atomic E-state index is 0.107. The molecule has 1 aromatic carbocycles. The Morgan fingerprint density at radius 1 is 1.42 bits per heavy atom. The van der Waals surface area contributed by atoms with Crippen LogP contribution in [0.25, 0.3) is 10.9 Å². The number of hydrogen-bond donors (Lipinski definition) is 3. The maximum Gasteiger partial charge on any atom is 0.271 e. The molecule has 2 aromatic rings. The van der Waals surface area contributed by atoms with Crippen LogP contribution in [0.4, 0.5) is 0 Å². The third-order valence-corrected chi connectivity index (χ3v) is 7.14. The molecule has 10 heteroatoms. The number of aromatic nitrogens is 1. The van der Waals surface area contributed by atoms with Crippen molar-refractivity contribution in [3.05, 3.63) is 54.4 Å². The second kappa shape index (κ2) is 11.8. The van der Waals surface area contributed by atoms with Crippen molar-refractivity contribution in [1.82, 2.24) is 20.5 Å². The van der Waals surface area contributed by atoms with Crippen molar-refractivity contribution in [1.29, 1.82) is 5.26 Å². The third-order valence-electron chi connectivity index (χ3n) is 7.14. The van der Waals surface area contributed by atoms with E-state index >= 15 is 0 Å². The molecular weight excluding hydrogens is 484 g/mol. The fourth-order valence-electron chi connectivity index (χ4n) is 5.08. The van der Waals surface area contributed by atoms with Crippen LogP contribution in [0.1, 0.15) is 36.7 Å². The van der Waals surface area contributed by atoms with Crippen molar-refractivity contribution in [2.75, 3.05) is 20.2 Å². The molecule has 3 N–H and O–H groups in total. The van der Waals surface area contributed by atoms with E-state index < -0.39 is 18.0 Å². The number of aliphatic imine (C=N–C) groups is 1. The van der Waals surface area contributed by atoms with Gasteiger partial charge in [0.25, 0.3) is 5.91 Å². The summed E-state index contributed by atoms with van der Waals surface area (Å²) < 4.78 is 5.42. The van der Waals surface area contributed by atoms with E-state index in [2.05, 4.69) is 33.3 Å².